The summed E-state index contributed by atoms with van der Waals surface area (Å²) in [6, 6.07) is 14.9. The Balaban J connectivity index is 1.79. The van der Waals surface area contributed by atoms with Gasteiger partial charge in [0.05, 0.1) is 18.2 Å². The van der Waals surface area contributed by atoms with Gasteiger partial charge in [0.15, 0.2) is 11.5 Å². The number of rotatable bonds is 6. The van der Waals surface area contributed by atoms with Crippen LogP contribution in [0.4, 0.5) is 0 Å². The highest BCUT2D eigenvalue weighted by Gasteiger charge is 2.44. The minimum atomic E-state index is -0.768. The van der Waals surface area contributed by atoms with Gasteiger partial charge < -0.3 is 19.2 Å². The van der Waals surface area contributed by atoms with Gasteiger partial charge in [-0.1, -0.05) is 41.9 Å². The van der Waals surface area contributed by atoms with E-state index in [1.807, 2.05) is 12.1 Å². The fraction of sp³-hybridized carbons (Fsp3) is 0.182. The molecule has 1 aromatic heterocycles. The van der Waals surface area contributed by atoms with Gasteiger partial charge in [-0.15, -0.1) is 0 Å². The number of furan rings is 1. The zero-order valence-electron chi connectivity index (χ0n) is 15.6. The molecule has 0 aliphatic carbocycles. The molecule has 1 aliphatic rings. The van der Waals surface area contributed by atoms with Crippen LogP contribution in [0.2, 0.25) is 5.02 Å². The molecular formula is C22H18ClNO5. The maximum Gasteiger partial charge on any atom is 0.290 e. The summed E-state index contributed by atoms with van der Waals surface area (Å²) in [5.74, 6) is -1.67. The van der Waals surface area contributed by atoms with Crippen molar-refractivity contribution in [3.8, 4) is 0 Å². The molecule has 0 radical (unpaired) electrons. The molecule has 0 spiro atoms. The first-order valence-electron chi connectivity index (χ1n) is 9.03. The Hall–Kier alpha value is -3.09. The van der Waals surface area contributed by atoms with Crippen LogP contribution in [-0.4, -0.2) is 42.0 Å². The van der Waals surface area contributed by atoms with Gasteiger partial charge in [-0.05, 0) is 29.8 Å². The molecule has 0 fully saturated rings. The first-order valence-corrected chi connectivity index (χ1v) is 9.41. The van der Waals surface area contributed by atoms with Crippen LogP contribution in [0.1, 0.15) is 22.2 Å². The summed E-state index contributed by atoms with van der Waals surface area (Å²) in [5, 5.41) is 11.9. The van der Waals surface area contributed by atoms with Gasteiger partial charge in [0.25, 0.3) is 5.91 Å². The normalized spacial score (nSPS) is 16.8. The van der Waals surface area contributed by atoms with E-state index in [1.165, 1.54) is 12.0 Å². The Morgan fingerprint density at radius 1 is 1.21 bits per heavy atom. The third-order valence-electron chi connectivity index (χ3n) is 4.92. The predicted molar refractivity (Wildman–Crippen MR) is 108 cm³/mol. The van der Waals surface area contributed by atoms with E-state index in [-0.39, 0.29) is 24.5 Å². The number of ether oxygens (including phenoxy) is 1. The summed E-state index contributed by atoms with van der Waals surface area (Å²) in [5.41, 5.74) is 1.19. The number of ketones is 1. The number of amides is 1. The average molecular weight is 412 g/mol. The molecule has 2 heterocycles. The van der Waals surface area contributed by atoms with Crippen LogP contribution >= 0.6 is 11.6 Å². The number of carbonyl (C=O) groups excluding carboxylic acids is 2. The molecule has 1 atom stereocenters. The monoisotopic (exact) mass is 411 g/mol. The van der Waals surface area contributed by atoms with Gasteiger partial charge in [-0.2, -0.15) is 0 Å². The van der Waals surface area contributed by atoms with Crippen molar-refractivity contribution in [1.29, 1.82) is 0 Å². The second-order valence-electron chi connectivity index (χ2n) is 6.69. The molecular weight excluding hydrogens is 394 g/mol. The first-order chi connectivity index (χ1) is 14.0. The largest absolute Gasteiger partial charge is 0.503 e. The zero-order chi connectivity index (χ0) is 20.5. The molecule has 3 aromatic rings. The highest BCUT2D eigenvalue weighted by atomic mass is 35.5. The Morgan fingerprint density at radius 3 is 2.62 bits per heavy atom. The molecule has 1 N–H and O–H groups in total. The van der Waals surface area contributed by atoms with Gasteiger partial charge in [0, 0.05) is 24.1 Å². The molecule has 1 amide bonds. The van der Waals surface area contributed by atoms with Gasteiger partial charge in [0.1, 0.15) is 5.58 Å². The molecule has 2 aromatic carbocycles. The van der Waals surface area contributed by atoms with Crippen molar-refractivity contribution >= 4 is 34.3 Å². The van der Waals surface area contributed by atoms with E-state index in [0.717, 1.165) is 5.39 Å². The summed E-state index contributed by atoms with van der Waals surface area (Å²) in [6.45, 7) is 0.471. The van der Waals surface area contributed by atoms with Crippen LogP contribution in [0.25, 0.3) is 11.0 Å². The molecule has 7 heteroatoms. The van der Waals surface area contributed by atoms with E-state index >= 15 is 0 Å². The molecule has 0 saturated carbocycles. The zero-order valence-corrected chi connectivity index (χ0v) is 16.3. The number of carbonyl (C=O) groups is 2. The second-order valence-corrected chi connectivity index (χ2v) is 7.12. The predicted octanol–water partition coefficient (Wildman–Crippen LogP) is 4.31. The van der Waals surface area contributed by atoms with Gasteiger partial charge in [-0.3, -0.25) is 9.59 Å². The SMILES string of the molecule is COCCN1C(=O)C(O)=C(C(=O)c2cc3ccccc3o2)C1c1ccc(Cl)cc1. The summed E-state index contributed by atoms with van der Waals surface area (Å²) in [7, 11) is 1.52. The van der Waals surface area contributed by atoms with Crippen molar-refractivity contribution < 1.29 is 23.8 Å². The third kappa shape index (κ3) is 3.41. The van der Waals surface area contributed by atoms with Crippen molar-refractivity contribution in [2.45, 2.75) is 6.04 Å². The number of para-hydroxylation sites is 1. The number of Topliss-reactive ketones (excluding diaryl/α,β-unsaturated/α-hetero) is 1. The fourth-order valence-electron chi connectivity index (χ4n) is 3.52. The highest BCUT2D eigenvalue weighted by molar-refractivity contribution is 6.30. The number of fused-ring (bicyclic) bond motifs is 1. The molecule has 1 unspecified atom stereocenters. The smallest absolute Gasteiger partial charge is 0.290 e. The third-order valence-corrected chi connectivity index (χ3v) is 5.17. The standard InChI is InChI=1S/C22H18ClNO5/c1-28-11-10-24-19(13-6-8-15(23)9-7-13)18(21(26)22(24)27)20(25)17-12-14-4-2-3-5-16(14)29-17/h2-9,12,19,26H,10-11H2,1H3. The summed E-state index contributed by atoms with van der Waals surface area (Å²) in [4.78, 5) is 27.4. The molecule has 0 bridgehead atoms. The van der Waals surface area contributed by atoms with Crippen molar-refractivity contribution in [2.75, 3.05) is 20.3 Å². The quantitative estimate of drug-likeness (QED) is 0.611. The highest BCUT2D eigenvalue weighted by Crippen LogP contribution is 2.39. The summed E-state index contributed by atoms with van der Waals surface area (Å²) in [6.07, 6.45) is 0. The number of aliphatic hydroxyl groups is 1. The summed E-state index contributed by atoms with van der Waals surface area (Å²) >= 11 is 5.99. The van der Waals surface area contributed by atoms with Crippen molar-refractivity contribution in [1.82, 2.24) is 4.90 Å². The number of halogens is 1. The Morgan fingerprint density at radius 2 is 1.93 bits per heavy atom. The van der Waals surface area contributed by atoms with Crippen LogP contribution < -0.4 is 0 Å². The number of hydrogen-bond acceptors (Lipinski definition) is 5. The lowest BCUT2D eigenvalue weighted by Crippen LogP contribution is -2.33. The summed E-state index contributed by atoms with van der Waals surface area (Å²) < 4.78 is 10.8. The number of hydrogen-bond donors (Lipinski definition) is 1. The lowest BCUT2D eigenvalue weighted by atomic mass is 9.95. The van der Waals surface area contributed by atoms with E-state index < -0.39 is 23.5 Å². The molecule has 1 aliphatic heterocycles. The molecule has 6 nitrogen and oxygen atoms in total. The molecule has 4 rings (SSSR count). The number of benzene rings is 2. The van der Waals surface area contributed by atoms with Gasteiger partial charge in [-0.25, -0.2) is 0 Å². The van der Waals surface area contributed by atoms with Crippen molar-refractivity contribution in [3.05, 3.63) is 82.3 Å². The lowest BCUT2D eigenvalue weighted by Gasteiger charge is -2.26. The lowest BCUT2D eigenvalue weighted by molar-refractivity contribution is -0.130. The van der Waals surface area contributed by atoms with E-state index in [1.54, 1.807) is 42.5 Å². The van der Waals surface area contributed by atoms with Crippen molar-refractivity contribution in [3.63, 3.8) is 0 Å². The van der Waals surface area contributed by atoms with E-state index in [4.69, 9.17) is 20.8 Å². The Labute approximate surface area is 171 Å². The van der Waals surface area contributed by atoms with Crippen LogP contribution in [0.5, 0.6) is 0 Å². The maximum atomic E-state index is 13.3. The molecule has 29 heavy (non-hydrogen) atoms. The first kappa shape index (κ1) is 19.2. The van der Waals surface area contributed by atoms with Crippen LogP contribution in [0.3, 0.4) is 0 Å². The number of methoxy groups -OCH3 is 1. The minimum Gasteiger partial charge on any atom is -0.503 e. The van der Waals surface area contributed by atoms with Gasteiger partial charge >= 0.3 is 0 Å². The number of nitrogens with zero attached hydrogens (tertiary/aromatic N) is 1. The maximum absolute atomic E-state index is 13.3. The number of aliphatic hydroxyl groups excluding tert-OH is 1. The van der Waals surface area contributed by atoms with Gasteiger partial charge in [0.2, 0.25) is 5.78 Å². The molecule has 148 valence electrons. The van der Waals surface area contributed by atoms with E-state index in [2.05, 4.69) is 0 Å². The van der Waals surface area contributed by atoms with Crippen molar-refractivity contribution in [2.24, 2.45) is 0 Å². The van der Waals surface area contributed by atoms with Crippen LogP contribution in [0.15, 0.2) is 70.3 Å². The Bertz CT molecular complexity index is 1080. The Kier molecular flexibility index (Phi) is 5.13. The van der Waals surface area contributed by atoms with Crippen LogP contribution in [-0.2, 0) is 9.53 Å². The average Bonchev–Trinajstić information content (AvgIpc) is 3.26. The minimum absolute atomic E-state index is 0.0209. The topological polar surface area (TPSA) is 80.0 Å². The van der Waals surface area contributed by atoms with E-state index in [9.17, 15) is 14.7 Å². The second kappa shape index (κ2) is 7.73. The fourth-order valence-corrected chi connectivity index (χ4v) is 3.65. The van der Waals surface area contributed by atoms with E-state index in [0.29, 0.717) is 16.2 Å². The molecule has 0 saturated heterocycles. The van der Waals surface area contributed by atoms with Crippen LogP contribution in [0, 0.1) is 0 Å².